The number of carbonyl (C=O) groups excluding carboxylic acids is 2. The number of rotatable bonds is 71. The van der Waals surface area contributed by atoms with Gasteiger partial charge in [0.25, 0.3) is 0 Å². The van der Waals surface area contributed by atoms with Gasteiger partial charge in [-0.05, 0) is 103 Å². The summed E-state index contributed by atoms with van der Waals surface area (Å²) in [7, 11) is 1.46. The van der Waals surface area contributed by atoms with Crippen molar-refractivity contribution < 1.29 is 42.1 Å². The van der Waals surface area contributed by atoms with E-state index in [2.05, 4.69) is 123 Å². The maximum atomic E-state index is 12.9. The Kier molecular flexibility index (Phi) is 69.3. The molecular weight excluding hydrogens is 1160 g/mol. The van der Waals surface area contributed by atoms with Crippen LogP contribution in [0.15, 0.2) is 109 Å². The van der Waals surface area contributed by atoms with Gasteiger partial charge in [-0.25, -0.2) is 4.57 Å². The third-order valence-electron chi connectivity index (χ3n) is 16.8. The van der Waals surface area contributed by atoms with Gasteiger partial charge in [-0.3, -0.25) is 18.6 Å². The number of quaternary nitrogens is 1. The molecule has 0 saturated heterocycles. The lowest BCUT2D eigenvalue weighted by Crippen LogP contribution is -2.37. The van der Waals surface area contributed by atoms with E-state index >= 15 is 0 Å². The van der Waals surface area contributed by atoms with Crippen LogP contribution in [-0.2, 0) is 32.7 Å². The van der Waals surface area contributed by atoms with Crippen LogP contribution in [0.3, 0.4) is 0 Å². The smallest absolute Gasteiger partial charge is 0.462 e. The fourth-order valence-corrected chi connectivity index (χ4v) is 11.7. The molecule has 9 nitrogen and oxygen atoms in total. The molecule has 0 saturated carbocycles. The second-order valence-electron chi connectivity index (χ2n) is 27.0. The van der Waals surface area contributed by atoms with Gasteiger partial charge >= 0.3 is 19.8 Å². The van der Waals surface area contributed by atoms with Gasteiger partial charge in [-0.2, -0.15) is 0 Å². The second kappa shape index (κ2) is 72.0. The minimum atomic E-state index is -4.41. The maximum absolute atomic E-state index is 12.9. The van der Waals surface area contributed by atoms with Crippen LogP contribution in [0, 0.1) is 0 Å². The molecule has 0 aliphatic heterocycles. The van der Waals surface area contributed by atoms with E-state index in [1.165, 1.54) is 212 Å². The summed E-state index contributed by atoms with van der Waals surface area (Å²) >= 11 is 0. The molecule has 92 heavy (non-hydrogen) atoms. The molecule has 0 bridgehead atoms. The number of phosphoric ester groups is 1. The number of nitrogens with zero attached hydrogens (tertiary/aromatic N) is 1. The summed E-state index contributed by atoms with van der Waals surface area (Å²) in [6.45, 7) is 4.31. The molecule has 532 valence electrons. The molecule has 0 aromatic rings. The highest BCUT2D eigenvalue weighted by molar-refractivity contribution is 7.47. The zero-order chi connectivity index (χ0) is 66.9. The zero-order valence-corrected chi connectivity index (χ0v) is 61.7. The van der Waals surface area contributed by atoms with Crippen LogP contribution in [0.25, 0.3) is 0 Å². The lowest BCUT2D eigenvalue weighted by molar-refractivity contribution is -0.870. The van der Waals surface area contributed by atoms with Gasteiger partial charge in [0.05, 0.1) is 27.7 Å². The number of esters is 2. The quantitative estimate of drug-likeness (QED) is 0.0211. The fraction of sp³-hybridized carbons (Fsp3) is 0.756. The summed E-state index contributed by atoms with van der Waals surface area (Å²) < 4.78 is 34.7. The molecule has 2 atom stereocenters. The number of carbonyl (C=O) groups is 2. The number of phosphoric acid groups is 1. The Morgan fingerprint density at radius 2 is 0.620 bits per heavy atom. The second-order valence-corrected chi connectivity index (χ2v) is 28.5. The van der Waals surface area contributed by atoms with Crippen molar-refractivity contribution in [1.82, 2.24) is 0 Å². The predicted molar refractivity (Wildman–Crippen MR) is 399 cm³/mol. The Bertz CT molecular complexity index is 1920. The van der Waals surface area contributed by atoms with Gasteiger partial charge in [-0.1, -0.05) is 342 Å². The molecule has 0 radical (unpaired) electrons. The van der Waals surface area contributed by atoms with Crippen LogP contribution in [0.2, 0.25) is 0 Å². The number of allylic oxidation sites excluding steroid dienone is 18. The van der Waals surface area contributed by atoms with Gasteiger partial charge in [0.2, 0.25) is 0 Å². The summed E-state index contributed by atoms with van der Waals surface area (Å²) in [6, 6.07) is 0. The molecule has 0 spiro atoms. The first kappa shape index (κ1) is 88.7. The van der Waals surface area contributed by atoms with Crippen molar-refractivity contribution in [2.24, 2.45) is 0 Å². The van der Waals surface area contributed by atoms with Gasteiger partial charge < -0.3 is 18.9 Å². The van der Waals surface area contributed by atoms with Crippen LogP contribution in [0.1, 0.15) is 348 Å². The first-order chi connectivity index (χ1) is 45.0. The molecule has 0 aliphatic carbocycles. The molecule has 0 aromatic carbocycles. The zero-order valence-electron chi connectivity index (χ0n) is 60.8. The molecule has 0 fully saturated rings. The summed E-state index contributed by atoms with van der Waals surface area (Å²) in [6.07, 6.45) is 102. The van der Waals surface area contributed by atoms with Crippen LogP contribution in [0.4, 0.5) is 0 Å². The van der Waals surface area contributed by atoms with Crippen LogP contribution >= 0.6 is 7.82 Å². The lowest BCUT2D eigenvalue weighted by Gasteiger charge is -2.24. The number of hydrogen-bond donors (Lipinski definition) is 1. The number of likely N-dealkylation sites (N-methyl/N-ethyl adjacent to an activating group) is 1. The first-order valence-corrected chi connectivity index (χ1v) is 40.1. The summed E-state index contributed by atoms with van der Waals surface area (Å²) in [5, 5.41) is 0. The Hall–Kier alpha value is -3.33. The Balaban J connectivity index is 3.96. The highest BCUT2D eigenvalue weighted by Crippen LogP contribution is 2.43. The topological polar surface area (TPSA) is 108 Å². The molecule has 0 amide bonds. The van der Waals surface area contributed by atoms with Crippen molar-refractivity contribution >= 4 is 19.8 Å². The standard InChI is InChI=1S/C82H146NO8P/c1-6-8-10-12-14-16-18-20-22-24-26-28-30-32-34-35-36-37-38-39-40-41-42-43-44-45-46-47-49-50-52-54-56-58-60-62-64-66-68-70-72-74-81(84)88-78-80(79-90-92(86,87)89-77-76-83(3,4)5)91-82(85)75-73-71-69-67-65-63-61-59-57-55-53-51-48-33-31-29-27-25-23-21-19-17-15-13-11-9-7-2/h9,11,15,17-18,20-21,23-24,26-27,29,33,48,53,55,59,61,80H,6-8,10,12-14,16,19,22,25,28,30-32,34-47,49-52,54,56-58,60,62-79H2,1-5H3/p+1/b11-9-,17-15-,20-18-,23-21-,26-24-,29-27-,48-33-,55-53-,61-59-. The molecule has 0 rings (SSSR count). The highest BCUT2D eigenvalue weighted by atomic mass is 31.2. The van der Waals surface area contributed by atoms with Crippen molar-refractivity contribution in [2.45, 2.75) is 354 Å². The van der Waals surface area contributed by atoms with Gasteiger partial charge in [-0.15, -0.1) is 0 Å². The van der Waals surface area contributed by atoms with E-state index in [0.717, 1.165) is 103 Å². The van der Waals surface area contributed by atoms with E-state index in [9.17, 15) is 19.0 Å². The maximum Gasteiger partial charge on any atom is 0.472 e. The third-order valence-corrected chi connectivity index (χ3v) is 17.8. The largest absolute Gasteiger partial charge is 0.472 e. The van der Waals surface area contributed by atoms with Crippen LogP contribution in [-0.4, -0.2) is 74.9 Å². The summed E-state index contributed by atoms with van der Waals surface area (Å²) in [5.74, 6) is -0.812. The average Bonchev–Trinajstić information content (AvgIpc) is 2.14. The van der Waals surface area contributed by atoms with Gasteiger partial charge in [0, 0.05) is 12.8 Å². The SMILES string of the molecule is CC/C=C\C/C=C\C/C=C\C/C=C\C/C=C\C/C=C\C/C=C\CCCCCCCC(=O)OC(COC(=O)CCCCCCCCCCCCCCCCCCCCCCCCCCCCCCC/C=C\C/C=C\CCCCCCC)COP(=O)(O)OCC[N+](C)(C)C. The molecular formula is C82H147NO8P+. The van der Waals surface area contributed by atoms with Crippen molar-refractivity contribution in [1.29, 1.82) is 0 Å². The van der Waals surface area contributed by atoms with Crippen LogP contribution < -0.4 is 0 Å². The lowest BCUT2D eigenvalue weighted by atomic mass is 10.0. The molecule has 0 aliphatic rings. The summed E-state index contributed by atoms with van der Waals surface area (Å²) in [4.78, 5) is 35.9. The minimum absolute atomic E-state index is 0.0239. The van der Waals surface area contributed by atoms with Crippen molar-refractivity contribution in [3.8, 4) is 0 Å². The Morgan fingerprint density at radius 1 is 0.348 bits per heavy atom. The summed E-state index contributed by atoms with van der Waals surface area (Å²) in [5.41, 5.74) is 0. The Labute approximate surface area is 569 Å². The monoisotopic (exact) mass is 1310 g/mol. The van der Waals surface area contributed by atoms with E-state index in [-0.39, 0.29) is 32.0 Å². The third kappa shape index (κ3) is 75.7. The minimum Gasteiger partial charge on any atom is -0.462 e. The van der Waals surface area contributed by atoms with Gasteiger partial charge in [0.15, 0.2) is 6.10 Å². The number of unbranched alkanes of at least 4 members (excludes halogenated alkanes) is 39. The van der Waals surface area contributed by atoms with E-state index < -0.39 is 26.5 Å². The van der Waals surface area contributed by atoms with Crippen molar-refractivity contribution in [3.05, 3.63) is 109 Å². The van der Waals surface area contributed by atoms with Crippen LogP contribution in [0.5, 0.6) is 0 Å². The molecule has 2 unspecified atom stereocenters. The molecule has 1 N–H and O–H groups in total. The van der Waals surface area contributed by atoms with E-state index in [0.29, 0.717) is 17.4 Å². The fourth-order valence-electron chi connectivity index (χ4n) is 10.9. The Morgan fingerprint density at radius 3 is 0.924 bits per heavy atom. The molecule has 0 heterocycles. The normalized spacial score (nSPS) is 13.7. The average molecular weight is 1310 g/mol. The van der Waals surface area contributed by atoms with Crippen molar-refractivity contribution in [3.63, 3.8) is 0 Å². The highest BCUT2D eigenvalue weighted by Gasteiger charge is 2.27. The first-order valence-electron chi connectivity index (χ1n) is 38.6. The number of hydrogen-bond acceptors (Lipinski definition) is 7. The molecule has 10 heteroatoms. The van der Waals surface area contributed by atoms with E-state index in [1.54, 1.807) is 0 Å². The van der Waals surface area contributed by atoms with Crippen molar-refractivity contribution in [2.75, 3.05) is 47.5 Å². The van der Waals surface area contributed by atoms with E-state index in [4.69, 9.17) is 18.5 Å². The van der Waals surface area contributed by atoms with E-state index in [1.807, 2.05) is 21.1 Å². The molecule has 0 aromatic heterocycles. The predicted octanol–water partition coefficient (Wildman–Crippen LogP) is 25.6. The number of ether oxygens (including phenoxy) is 2. The van der Waals surface area contributed by atoms with Gasteiger partial charge in [0.1, 0.15) is 19.8 Å².